The van der Waals surface area contributed by atoms with E-state index in [4.69, 9.17) is 5.11 Å². The Morgan fingerprint density at radius 1 is 1.48 bits per heavy atom. The first-order chi connectivity index (χ1) is 9.95. The van der Waals surface area contributed by atoms with Crippen molar-refractivity contribution in [2.75, 3.05) is 6.54 Å². The quantitative estimate of drug-likeness (QED) is 0.857. The van der Waals surface area contributed by atoms with Crippen LogP contribution < -0.4 is 10.9 Å². The SMILES string of the molecule is CCn1cnc2sc(C(=O)NCCC(=O)O)c(C)c2c1=O. The van der Waals surface area contributed by atoms with Gasteiger partial charge in [0.05, 0.1) is 23.0 Å². The molecular formula is C13H15N3O4S. The molecule has 2 rings (SSSR count). The summed E-state index contributed by atoms with van der Waals surface area (Å²) in [4.78, 5) is 39.8. The van der Waals surface area contributed by atoms with Crippen molar-refractivity contribution >= 4 is 33.4 Å². The molecule has 2 heterocycles. The van der Waals surface area contributed by atoms with Gasteiger partial charge in [-0.2, -0.15) is 0 Å². The van der Waals surface area contributed by atoms with E-state index in [2.05, 4.69) is 10.3 Å². The molecule has 1 amide bonds. The number of hydrogen-bond donors (Lipinski definition) is 2. The van der Waals surface area contributed by atoms with Crippen LogP contribution in [0.5, 0.6) is 0 Å². The molecule has 0 unspecified atom stereocenters. The monoisotopic (exact) mass is 309 g/mol. The fourth-order valence-corrected chi connectivity index (χ4v) is 3.02. The molecule has 0 atom stereocenters. The second-order valence-corrected chi connectivity index (χ2v) is 5.47. The van der Waals surface area contributed by atoms with Gasteiger partial charge in [0.2, 0.25) is 0 Å². The van der Waals surface area contributed by atoms with Crippen molar-refractivity contribution in [3.63, 3.8) is 0 Å². The van der Waals surface area contributed by atoms with Crippen LogP contribution in [0.1, 0.15) is 28.6 Å². The van der Waals surface area contributed by atoms with E-state index < -0.39 is 5.97 Å². The van der Waals surface area contributed by atoms with Crippen LogP contribution in [-0.4, -0.2) is 33.1 Å². The van der Waals surface area contributed by atoms with Gasteiger partial charge >= 0.3 is 5.97 Å². The summed E-state index contributed by atoms with van der Waals surface area (Å²) in [5, 5.41) is 11.5. The standard InChI is InChI=1S/C13H15N3O4S/c1-3-16-6-15-12-9(13(16)20)7(2)10(21-12)11(19)14-5-4-8(17)18/h6H,3-5H2,1-2H3,(H,14,19)(H,17,18). The van der Waals surface area contributed by atoms with Crippen molar-refractivity contribution in [3.8, 4) is 0 Å². The highest BCUT2D eigenvalue weighted by atomic mass is 32.1. The Morgan fingerprint density at radius 3 is 2.81 bits per heavy atom. The van der Waals surface area contributed by atoms with Gasteiger partial charge in [-0.25, -0.2) is 4.98 Å². The highest BCUT2D eigenvalue weighted by molar-refractivity contribution is 7.20. The second kappa shape index (κ2) is 6.04. The zero-order valence-corrected chi connectivity index (χ0v) is 12.5. The Morgan fingerprint density at radius 2 is 2.19 bits per heavy atom. The molecule has 0 saturated carbocycles. The first-order valence-electron chi connectivity index (χ1n) is 6.44. The Hall–Kier alpha value is -2.22. The number of aromatic nitrogens is 2. The lowest BCUT2D eigenvalue weighted by atomic mass is 10.2. The molecule has 21 heavy (non-hydrogen) atoms. The van der Waals surface area contributed by atoms with Crippen molar-refractivity contribution in [2.45, 2.75) is 26.8 Å². The lowest BCUT2D eigenvalue weighted by Crippen LogP contribution is -2.26. The molecule has 0 aliphatic carbocycles. The van der Waals surface area contributed by atoms with Gasteiger partial charge in [0, 0.05) is 13.1 Å². The lowest BCUT2D eigenvalue weighted by molar-refractivity contribution is -0.136. The third-order valence-corrected chi connectivity index (χ3v) is 4.29. The number of fused-ring (bicyclic) bond motifs is 1. The van der Waals surface area contributed by atoms with Gasteiger partial charge in [-0.05, 0) is 19.4 Å². The van der Waals surface area contributed by atoms with Crippen LogP contribution in [0.25, 0.3) is 10.2 Å². The topological polar surface area (TPSA) is 101 Å². The first-order valence-corrected chi connectivity index (χ1v) is 7.25. The van der Waals surface area contributed by atoms with Crippen LogP contribution in [0.15, 0.2) is 11.1 Å². The summed E-state index contributed by atoms with van der Waals surface area (Å²) >= 11 is 1.14. The molecule has 0 aliphatic heterocycles. The van der Waals surface area contributed by atoms with Crippen molar-refractivity contribution in [1.29, 1.82) is 0 Å². The third kappa shape index (κ3) is 2.94. The summed E-state index contributed by atoms with van der Waals surface area (Å²) in [7, 11) is 0. The number of carboxylic acid groups (broad SMARTS) is 1. The third-order valence-electron chi connectivity index (χ3n) is 3.09. The Kier molecular flexibility index (Phi) is 4.37. The zero-order chi connectivity index (χ0) is 15.6. The maximum Gasteiger partial charge on any atom is 0.305 e. The number of carbonyl (C=O) groups excluding carboxylic acids is 1. The number of nitrogens with zero attached hydrogens (tertiary/aromatic N) is 2. The molecule has 7 nitrogen and oxygen atoms in total. The van der Waals surface area contributed by atoms with E-state index in [0.29, 0.717) is 27.2 Å². The average molecular weight is 309 g/mol. The van der Waals surface area contributed by atoms with Crippen LogP contribution >= 0.6 is 11.3 Å². The molecule has 8 heteroatoms. The van der Waals surface area contributed by atoms with E-state index in [9.17, 15) is 14.4 Å². The van der Waals surface area contributed by atoms with Crippen LogP contribution in [0.3, 0.4) is 0 Å². The van der Waals surface area contributed by atoms with Crippen LogP contribution in [0.2, 0.25) is 0 Å². The molecule has 0 fully saturated rings. The summed E-state index contributed by atoms with van der Waals surface area (Å²) in [5.74, 6) is -1.35. The van der Waals surface area contributed by atoms with Crippen molar-refractivity contribution in [2.24, 2.45) is 0 Å². The Balaban J connectivity index is 2.35. The minimum atomic E-state index is -0.976. The predicted octanol–water partition coefficient (Wildman–Crippen LogP) is 0.991. The van der Waals surface area contributed by atoms with Crippen molar-refractivity contribution in [3.05, 3.63) is 27.1 Å². The number of carbonyl (C=O) groups is 2. The molecule has 2 N–H and O–H groups in total. The number of nitrogens with one attached hydrogen (secondary N) is 1. The highest BCUT2D eigenvalue weighted by Gasteiger charge is 2.19. The number of aliphatic carboxylic acids is 1. The van der Waals surface area contributed by atoms with Crippen LogP contribution in [-0.2, 0) is 11.3 Å². The number of amides is 1. The van der Waals surface area contributed by atoms with Gasteiger partial charge in [0.25, 0.3) is 11.5 Å². The fraction of sp³-hybridized carbons (Fsp3) is 0.385. The van der Waals surface area contributed by atoms with E-state index >= 15 is 0 Å². The van der Waals surface area contributed by atoms with E-state index in [1.54, 1.807) is 6.92 Å². The molecule has 0 bridgehead atoms. The zero-order valence-electron chi connectivity index (χ0n) is 11.7. The summed E-state index contributed by atoms with van der Waals surface area (Å²) in [6.45, 7) is 4.11. The van der Waals surface area contributed by atoms with E-state index in [0.717, 1.165) is 11.3 Å². The number of aryl methyl sites for hydroxylation is 2. The van der Waals surface area contributed by atoms with Crippen molar-refractivity contribution in [1.82, 2.24) is 14.9 Å². The predicted molar refractivity (Wildman–Crippen MR) is 78.9 cm³/mol. The Bertz CT molecular complexity index is 763. The number of thiophene rings is 1. The minimum absolute atomic E-state index is 0.0501. The molecule has 0 saturated heterocycles. The summed E-state index contributed by atoms with van der Waals surface area (Å²) in [6.07, 6.45) is 1.32. The molecule has 0 aromatic carbocycles. The van der Waals surface area contributed by atoms with Gasteiger partial charge in [-0.3, -0.25) is 19.0 Å². The largest absolute Gasteiger partial charge is 0.481 e. The molecular weight excluding hydrogens is 294 g/mol. The number of carboxylic acids is 1. The number of rotatable bonds is 5. The second-order valence-electron chi connectivity index (χ2n) is 4.47. The minimum Gasteiger partial charge on any atom is -0.481 e. The molecule has 0 aliphatic rings. The van der Waals surface area contributed by atoms with Gasteiger partial charge in [0.15, 0.2) is 0 Å². The summed E-state index contributed by atoms with van der Waals surface area (Å²) in [5.41, 5.74) is 0.420. The van der Waals surface area contributed by atoms with Gasteiger partial charge < -0.3 is 10.4 Å². The summed E-state index contributed by atoms with van der Waals surface area (Å²) < 4.78 is 1.48. The smallest absolute Gasteiger partial charge is 0.305 e. The van der Waals surface area contributed by atoms with Crippen LogP contribution in [0, 0.1) is 6.92 Å². The van der Waals surface area contributed by atoms with E-state index in [1.807, 2.05) is 6.92 Å². The average Bonchev–Trinajstić information content (AvgIpc) is 2.77. The van der Waals surface area contributed by atoms with E-state index in [-0.39, 0.29) is 24.4 Å². The summed E-state index contributed by atoms with van der Waals surface area (Å²) in [6, 6.07) is 0. The fourth-order valence-electron chi connectivity index (χ4n) is 1.96. The van der Waals surface area contributed by atoms with Gasteiger partial charge in [0.1, 0.15) is 4.83 Å². The van der Waals surface area contributed by atoms with Crippen molar-refractivity contribution < 1.29 is 14.7 Å². The van der Waals surface area contributed by atoms with Gasteiger partial charge in [-0.15, -0.1) is 11.3 Å². The molecule has 2 aromatic heterocycles. The maximum absolute atomic E-state index is 12.2. The molecule has 112 valence electrons. The number of hydrogen-bond acceptors (Lipinski definition) is 5. The molecule has 0 radical (unpaired) electrons. The maximum atomic E-state index is 12.2. The van der Waals surface area contributed by atoms with Crippen LogP contribution in [0.4, 0.5) is 0 Å². The Labute approximate surface area is 124 Å². The van der Waals surface area contributed by atoms with Gasteiger partial charge in [-0.1, -0.05) is 0 Å². The lowest BCUT2D eigenvalue weighted by Gasteiger charge is -2.02. The normalized spacial score (nSPS) is 10.8. The molecule has 2 aromatic rings. The molecule has 0 spiro atoms. The first kappa shape index (κ1) is 15.2. The van der Waals surface area contributed by atoms with E-state index in [1.165, 1.54) is 10.9 Å². The highest BCUT2D eigenvalue weighted by Crippen LogP contribution is 2.26.